The van der Waals surface area contributed by atoms with Gasteiger partial charge in [-0.15, -0.1) is 0 Å². The number of benzene rings is 3. The number of hydrogen-bond acceptors (Lipinski definition) is 7. The normalized spacial score (nSPS) is 15.6. The number of halogens is 3. The lowest BCUT2D eigenvalue weighted by Crippen LogP contribution is -2.43. The van der Waals surface area contributed by atoms with Crippen LogP contribution in [0.15, 0.2) is 77.7 Å². The first-order valence-electron chi connectivity index (χ1n) is 15.1. The Bertz CT molecular complexity index is 1790. The summed E-state index contributed by atoms with van der Waals surface area (Å²) < 4.78 is 65.5. The fourth-order valence-corrected chi connectivity index (χ4v) is 6.51. The van der Waals surface area contributed by atoms with Crippen molar-refractivity contribution in [3.05, 3.63) is 95.1 Å². The number of aliphatic hydroxyl groups excluding tert-OH is 1. The molecular formula is C34H37F3N4O4S. The van der Waals surface area contributed by atoms with Crippen LogP contribution in [0.4, 0.5) is 13.2 Å². The van der Waals surface area contributed by atoms with Crippen LogP contribution in [-0.2, 0) is 22.6 Å². The van der Waals surface area contributed by atoms with Crippen molar-refractivity contribution in [2.45, 2.75) is 49.5 Å². The van der Waals surface area contributed by atoms with E-state index in [1.807, 2.05) is 37.3 Å². The van der Waals surface area contributed by atoms with Gasteiger partial charge in [0.2, 0.25) is 0 Å². The first-order chi connectivity index (χ1) is 21.8. The fraction of sp³-hybridized carbons (Fsp3) is 0.353. The number of fused-ring (bicyclic) bond motifs is 1. The van der Waals surface area contributed by atoms with E-state index in [1.165, 1.54) is 30.3 Å². The van der Waals surface area contributed by atoms with Crippen molar-refractivity contribution in [1.82, 2.24) is 20.5 Å². The van der Waals surface area contributed by atoms with E-state index in [4.69, 9.17) is 4.98 Å². The van der Waals surface area contributed by atoms with Gasteiger partial charge in [0.05, 0.1) is 39.9 Å². The Morgan fingerprint density at radius 3 is 2.33 bits per heavy atom. The number of aromatic nitrogens is 1. The van der Waals surface area contributed by atoms with Crippen molar-refractivity contribution >= 4 is 26.6 Å². The van der Waals surface area contributed by atoms with E-state index in [0.29, 0.717) is 47.4 Å². The van der Waals surface area contributed by atoms with Crippen molar-refractivity contribution in [3.63, 3.8) is 0 Å². The highest BCUT2D eigenvalue weighted by Crippen LogP contribution is 2.36. The standard InChI is InChI=1S/C34H37F3N4O4S/c1-22(23-6-4-3-5-7-23)39-33(43)31-28-20-27(46(2,44)45)12-13-30(28)40-32(24-8-10-25(11-9-24)34(35,36)37)29(31)21-41-17-14-26(15-18-41)38-16-19-42/h3-13,20,22,26,38,42H,14-19,21H2,1-2H3,(H,39,43). The van der Waals surface area contributed by atoms with Gasteiger partial charge in [-0.3, -0.25) is 9.69 Å². The van der Waals surface area contributed by atoms with Gasteiger partial charge in [-0.25, -0.2) is 13.4 Å². The van der Waals surface area contributed by atoms with Crippen LogP contribution in [-0.4, -0.2) is 67.9 Å². The number of carbonyl (C=O) groups excluding carboxylic acids is 1. The van der Waals surface area contributed by atoms with Gasteiger partial charge in [0.25, 0.3) is 5.91 Å². The van der Waals surface area contributed by atoms with E-state index in [2.05, 4.69) is 15.5 Å². The fourth-order valence-electron chi connectivity index (χ4n) is 5.86. The summed E-state index contributed by atoms with van der Waals surface area (Å²) in [6, 6.07) is 18.3. The molecule has 46 heavy (non-hydrogen) atoms. The summed E-state index contributed by atoms with van der Waals surface area (Å²) in [6.45, 7) is 3.96. The minimum atomic E-state index is -4.52. The average molecular weight is 655 g/mol. The van der Waals surface area contributed by atoms with Gasteiger partial charge in [-0.05, 0) is 68.8 Å². The second-order valence-electron chi connectivity index (χ2n) is 11.7. The van der Waals surface area contributed by atoms with Gasteiger partial charge in [0.15, 0.2) is 9.84 Å². The summed E-state index contributed by atoms with van der Waals surface area (Å²) >= 11 is 0. The molecule has 0 saturated carbocycles. The number of alkyl halides is 3. The Morgan fingerprint density at radius 2 is 1.72 bits per heavy atom. The molecule has 3 N–H and O–H groups in total. The van der Waals surface area contributed by atoms with E-state index in [0.717, 1.165) is 36.8 Å². The third-order valence-corrected chi connectivity index (χ3v) is 9.47. The lowest BCUT2D eigenvalue weighted by atomic mass is 9.94. The minimum Gasteiger partial charge on any atom is -0.395 e. The van der Waals surface area contributed by atoms with Crippen LogP contribution in [0, 0.1) is 0 Å². The Morgan fingerprint density at radius 1 is 1.04 bits per heavy atom. The molecule has 3 aromatic carbocycles. The lowest BCUT2D eigenvalue weighted by molar-refractivity contribution is -0.137. The molecule has 0 spiro atoms. The maximum Gasteiger partial charge on any atom is 0.416 e. The molecule has 1 aromatic heterocycles. The molecule has 1 fully saturated rings. The number of nitrogens with zero attached hydrogens (tertiary/aromatic N) is 2. The topological polar surface area (TPSA) is 112 Å². The van der Waals surface area contributed by atoms with Crippen molar-refractivity contribution < 1.29 is 31.5 Å². The highest BCUT2D eigenvalue weighted by atomic mass is 32.2. The highest BCUT2D eigenvalue weighted by Gasteiger charge is 2.31. The van der Waals surface area contributed by atoms with Crippen LogP contribution in [0.25, 0.3) is 22.2 Å². The molecule has 1 aliphatic heterocycles. The van der Waals surface area contributed by atoms with E-state index < -0.39 is 33.5 Å². The minimum absolute atomic E-state index is 0.0240. The van der Waals surface area contributed by atoms with E-state index in [1.54, 1.807) is 0 Å². The molecule has 2 heterocycles. The van der Waals surface area contributed by atoms with Gasteiger partial charge in [-0.2, -0.15) is 13.2 Å². The van der Waals surface area contributed by atoms with Crippen molar-refractivity contribution in [3.8, 4) is 11.3 Å². The maximum absolute atomic E-state index is 14.3. The quantitative estimate of drug-likeness (QED) is 0.211. The molecule has 1 unspecified atom stereocenters. The average Bonchev–Trinajstić information content (AvgIpc) is 3.03. The van der Waals surface area contributed by atoms with Crippen molar-refractivity contribution in [2.24, 2.45) is 0 Å². The monoisotopic (exact) mass is 654 g/mol. The second-order valence-corrected chi connectivity index (χ2v) is 13.7. The first kappa shape index (κ1) is 33.5. The van der Waals surface area contributed by atoms with E-state index >= 15 is 0 Å². The van der Waals surface area contributed by atoms with Crippen molar-refractivity contribution in [1.29, 1.82) is 0 Å². The number of aliphatic hydroxyl groups is 1. The third kappa shape index (κ3) is 7.75. The predicted molar refractivity (Wildman–Crippen MR) is 171 cm³/mol. The molecule has 1 atom stereocenters. The zero-order chi connectivity index (χ0) is 33.1. The van der Waals surface area contributed by atoms with Crippen molar-refractivity contribution in [2.75, 3.05) is 32.5 Å². The second kappa shape index (κ2) is 13.9. The van der Waals surface area contributed by atoms with E-state index in [9.17, 15) is 31.5 Å². The van der Waals surface area contributed by atoms with Crippen LogP contribution in [0.3, 0.4) is 0 Å². The highest BCUT2D eigenvalue weighted by molar-refractivity contribution is 7.90. The molecule has 1 saturated heterocycles. The maximum atomic E-state index is 14.3. The summed E-state index contributed by atoms with van der Waals surface area (Å²) in [5.41, 5.74) is 1.89. The lowest BCUT2D eigenvalue weighted by Gasteiger charge is -2.33. The third-order valence-electron chi connectivity index (χ3n) is 8.36. The zero-order valence-electron chi connectivity index (χ0n) is 25.6. The number of rotatable bonds is 10. The molecular weight excluding hydrogens is 617 g/mol. The van der Waals surface area contributed by atoms with Gasteiger partial charge in [-0.1, -0.05) is 42.5 Å². The Labute approximate surface area is 266 Å². The summed E-state index contributed by atoms with van der Waals surface area (Å²) in [4.78, 5) is 21.3. The smallest absolute Gasteiger partial charge is 0.395 e. The number of hydrogen-bond donors (Lipinski definition) is 3. The number of amides is 1. The van der Waals surface area contributed by atoms with Crippen LogP contribution < -0.4 is 10.6 Å². The Kier molecular flexibility index (Phi) is 10.1. The first-order valence-corrected chi connectivity index (χ1v) is 17.0. The van der Waals surface area contributed by atoms with Gasteiger partial charge >= 0.3 is 6.18 Å². The predicted octanol–water partition coefficient (Wildman–Crippen LogP) is 5.36. The SMILES string of the molecule is CC(NC(=O)c1c(CN2CCC(NCCO)CC2)c(-c2ccc(C(F)(F)F)cc2)nc2ccc(S(C)(=O)=O)cc12)c1ccccc1. The molecule has 1 amide bonds. The molecule has 12 heteroatoms. The number of likely N-dealkylation sites (tertiary alicyclic amines) is 1. The number of piperidine rings is 1. The van der Waals surface area contributed by atoms with Crippen LogP contribution in [0.5, 0.6) is 0 Å². The zero-order valence-corrected chi connectivity index (χ0v) is 26.5. The number of sulfone groups is 1. The Balaban J connectivity index is 1.67. The molecule has 1 aliphatic rings. The van der Waals surface area contributed by atoms with Gasteiger partial charge < -0.3 is 15.7 Å². The number of carbonyl (C=O) groups is 1. The van der Waals surface area contributed by atoms with Crippen LogP contribution >= 0.6 is 0 Å². The van der Waals surface area contributed by atoms with E-state index in [-0.39, 0.29) is 29.7 Å². The summed E-state index contributed by atoms with van der Waals surface area (Å²) in [5, 5.41) is 15.9. The molecule has 8 nitrogen and oxygen atoms in total. The molecule has 5 rings (SSSR count). The number of nitrogens with one attached hydrogen (secondary N) is 2. The molecule has 244 valence electrons. The van der Waals surface area contributed by atoms with Crippen LogP contribution in [0.1, 0.15) is 52.9 Å². The largest absolute Gasteiger partial charge is 0.416 e. The molecule has 0 aliphatic carbocycles. The van der Waals surface area contributed by atoms with Crippen LogP contribution in [0.2, 0.25) is 0 Å². The molecule has 4 aromatic rings. The Hall–Kier alpha value is -3.84. The summed E-state index contributed by atoms with van der Waals surface area (Å²) in [6.07, 6.45) is -1.85. The summed E-state index contributed by atoms with van der Waals surface area (Å²) in [5.74, 6) is -0.447. The number of pyridine rings is 1. The van der Waals surface area contributed by atoms with Gasteiger partial charge in [0, 0.05) is 41.9 Å². The molecule has 0 radical (unpaired) electrons. The summed E-state index contributed by atoms with van der Waals surface area (Å²) in [7, 11) is -3.64. The van der Waals surface area contributed by atoms with Gasteiger partial charge in [0.1, 0.15) is 0 Å². The molecule has 0 bridgehead atoms.